The molecule has 1 aliphatic heterocycles. The van der Waals surface area contributed by atoms with Crippen LogP contribution in [0.2, 0.25) is 0 Å². The van der Waals surface area contributed by atoms with Crippen molar-refractivity contribution in [3.05, 3.63) is 54.4 Å². The van der Waals surface area contributed by atoms with Crippen LogP contribution >= 0.6 is 0 Å². The predicted octanol–water partition coefficient (Wildman–Crippen LogP) is 2.92. The Morgan fingerprint density at radius 3 is 2.72 bits per heavy atom. The van der Waals surface area contributed by atoms with Gasteiger partial charge in [0.2, 0.25) is 0 Å². The Bertz CT molecular complexity index is 1390. The van der Waals surface area contributed by atoms with Crippen molar-refractivity contribution in [2.75, 3.05) is 30.0 Å². The van der Waals surface area contributed by atoms with Gasteiger partial charge in [0.25, 0.3) is 0 Å². The molecule has 11 nitrogen and oxygen atoms in total. The highest BCUT2D eigenvalue weighted by Gasteiger charge is 2.27. The topological polar surface area (TPSA) is 148 Å². The number of aromatic nitrogens is 5. The largest absolute Gasteiger partial charge is 0.357 e. The van der Waals surface area contributed by atoms with Crippen LogP contribution in [0.15, 0.2) is 43.1 Å². The molecule has 4 aromatic rings. The summed E-state index contributed by atoms with van der Waals surface area (Å²) in [5.74, 6) is 0. The van der Waals surface area contributed by atoms with Crippen molar-refractivity contribution in [3.63, 3.8) is 0 Å². The van der Waals surface area contributed by atoms with Gasteiger partial charge in [-0.15, -0.1) is 0 Å². The van der Waals surface area contributed by atoms with E-state index in [-0.39, 0.29) is 12.2 Å². The molecule has 0 saturated heterocycles. The fourth-order valence-corrected chi connectivity index (χ4v) is 3.49. The lowest BCUT2D eigenvalue weighted by molar-refractivity contribution is 0.230. The third-order valence-corrected chi connectivity index (χ3v) is 5.11. The Morgan fingerprint density at radius 1 is 1.09 bits per heavy atom. The van der Waals surface area contributed by atoms with Gasteiger partial charge in [0.1, 0.15) is 12.2 Å². The molecular formula is C21H18N10O. The van der Waals surface area contributed by atoms with Gasteiger partial charge in [-0.3, -0.25) is 15.1 Å². The minimum Gasteiger partial charge on any atom is -0.357 e. The van der Waals surface area contributed by atoms with Gasteiger partial charge < -0.3 is 20.9 Å². The number of hydrogen-bond donors (Lipinski definition) is 4. The van der Waals surface area contributed by atoms with E-state index in [1.807, 2.05) is 12.1 Å². The number of carbonyl (C=O) groups excluding carboxylic acids is 1. The minimum atomic E-state index is -0.327. The molecule has 5 rings (SSSR count). The first-order valence-corrected chi connectivity index (χ1v) is 9.72. The average molecular weight is 426 g/mol. The smallest absolute Gasteiger partial charge is 0.321 e. The van der Waals surface area contributed by atoms with Crippen molar-refractivity contribution < 1.29 is 4.79 Å². The second-order valence-electron chi connectivity index (χ2n) is 7.46. The lowest BCUT2D eigenvalue weighted by Gasteiger charge is -2.13. The highest BCUT2D eigenvalue weighted by molar-refractivity contribution is 5.90. The first-order valence-electron chi connectivity index (χ1n) is 9.72. The SMILES string of the molecule is CN(C)C(=O)Nc1cncc(-c2cnc3n[nH]c(C4Nc5cncc(C#N)c5N4)c3c2)c1. The van der Waals surface area contributed by atoms with Gasteiger partial charge in [-0.05, 0) is 12.1 Å². The van der Waals surface area contributed by atoms with Crippen LogP contribution < -0.4 is 16.0 Å². The maximum atomic E-state index is 12.0. The monoisotopic (exact) mass is 426 g/mol. The molecule has 0 bridgehead atoms. The van der Waals surface area contributed by atoms with Crippen molar-refractivity contribution in [1.29, 1.82) is 5.26 Å². The standard InChI is InChI=1S/C21H18N10O/c1-31(2)21(32)26-14-3-11(6-23-9-14)12-4-15-18(29-30-19(15)25-8-12)20-27-16-10-24-7-13(5-22)17(16)28-20/h3-4,6-10,20,27-28H,1-2H3,(H,26,32)(H,25,29,30). The van der Waals surface area contributed by atoms with Gasteiger partial charge >= 0.3 is 6.03 Å². The number of carbonyl (C=O) groups is 1. The molecule has 0 aromatic carbocycles. The summed E-state index contributed by atoms with van der Waals surface area (Å²) in [5.41, 5.74) is 5.45. The van der Waals surface area contributed by atoms with E-state index in [4.69, 9.17) is 0 Å². The van der Waals surface area contributed by atoms with E-state index in [9.17, 15) is 10.1 Å². The van der Waals surface area contributed by atoms with Crippen LogP contribution in [0.3, 0.4) is 0 Å². The van der Waals surface area contributed by atoms with Crippen LogP contribution in [-0.4, -0.2) is 50.2 Å². The van der Waals surface area contributed by atoms with Crippen molar-refractivity contribution in [2.24, 2.45) is 0 Å². The molecule has 0 saturated carbocycles. The minimum absolute atomic E-state index is 0.237. The van der Waals surface area contributed by atoms with E-state index in [0.29, 0.717) is 22.6 Å². The Labute approximate surface area is 182 Å². The number of anilines is 3. The van der Waals surface area contributed by atoms with Gasteiger partial charge in [0.15, 0.2) is 5.65 Å². The number of nitrogens with one attached hydrogen (secondary N) is 4. The number of amides is 2. The number of pyridine rings is 3. The quantitative estimate of drug-likeness (QED) is 0.391. The Kier molecular flexibility index (Phi) is 4.52. The van der Waals surface area contributed by atoms with Crippen LogP contribution in [0.25, 0.3) is 22.2 Å². The highest BCUT2D eigenvalue weighted by atomic mass is 16.2. The third-order valence-electron chi connectivity index (χ3n) is 5.11. The van der Waals surface area contributed by atoms with E-state index in [0.717, 1.165) is 27.9 Å². The van der Waals surface area contributed by atoms with E-state index in [2.05, 4.69) is 47.2 Å². The molecule has 1 atom stereocenters. The summed E-state index contributed by atoms with van der Waals surface area (Å²) in [4.78, 5) is 26.2. The molecule has 158 valence electrons. The number of aromatic amines is 1. The van der Waals surface area contributed by atoms with Crippen LogP contribution in [0, 0.1) is 11.3 Å². The Balaban J connectivity index is 1.48. The molecule has 2 amide bonds. The number of hydrogen-bond acceptors (Lipinski definition) is 8. The van der Waals surface area contributed by atoms with Gasteiger partial charge in [0.05, 0.1) is 40.7 Å². The summed E-state index contributed by atoms with van der Waals surface area (Å²) >= 11 is 0. The molecule has 11 heteroatoms. The van der Waals surface area contributed by atoms with Gasteiger partial charge in [0, 0.05) is 49.2 Å². The van der Waals surface area contributed by atoms with Gasteiger partial charge in [-0.1, -0.05) is 0 Å². The fraction of sp³-hybridized carbons (Fsp3) is 0.143. The maximum absolute atomic E-state index is 12.0. The first-order chi connectivity index (χ1) is 15.5. The Morgan fingerprint density at radius 2 is 1.91 bits per heavy atom. The molecule has 0 aliphatic carbocycles. The number of urea groups is 1. The third kappa shape index (κ3) is 3.29. The van der Waals surface area contributed by atoms with Crippen molar-refractivity contribution in [1.82, 2.24) is 30.0 Å². The molecular weight excluding hydrogens is 408 g/mol. The van der Waals surface area contributed by atoms with E-state index in [1.165, 1.54) is 11.1 Å². The van der Waals surface area contributed by atoms with Crippen LogP contribution in [-0.2, 0) is 0 Å². The number of H-pyrrole nitrogens is 1. The summed E-state index contributed by atoms with van der Waals surface area (Å²) < 4.78 is 0. The van der Waals surface area contributed by atoms with E-state index >= 15 is 0 Å². The molecule has 1 unspecified atom stereocenters. The second-order valence-corrected chi connectivity index (χ2v) is 7.46. The molecule has 0 radical (unpaired) electrons. The van der Waals surface area contributed by atoms with E-state index in [1.54, 1.807) is 38.9 Å². The van der Waals surface area contributed by atoms with Crippen molar-refractivity contribution in [2.45, 2.75) is 6.17 Å². The summed E-state index contributed by atoms with van der Waals surface area (Å²) in [6.07, 6.45) is 7.88. The number of nitrogens with zero attached hydrogens (tertiary/aromatic N) is 6. The molecule has 5 heterocycles. The number of nitriles is 1. The second kappa shape index (κ2) is 7.51. The number of rotatable bonds is 3. The van der Waals surface area contributed by atoms with Crippen molar-refractivity contribution in [3.8, 4) is 17.2 Å². The summed E-state index contributed by atoms with van der Waals surface area (Å²) in [6.45, 7) is 0. The number of fused-ring (bicyclic) bond motifs is 2. The summed E-state index contributed by atoms with van der Waals surface area (Å²) in [7, 11) is 3.34. The van der Waals surface area contributed by atoms with Crippen LogP contribution in [0.1, 0.15) is 17.4 Å². The molecule has 0 spiro atoms. The lowest BCUT2D eigenvalue weighted by atomic mass is 10.1. The van der Waals surface area contributed by atoms with Crippen LogP contribution in [0.4, 0.5) is 21.9 Å². The highest BCUT2D eigenvalue weighted by Crippen LogP contribution is 2.38. The maximum Gasteiger partial charge on any atom is 0.321 e. The zero-order chi connectivity index (χ0) is 22.2. The van der Waals surface area contributed by atoms with Crippen LogP contribution in [0.5, 0.6) is 0 Å². The first kappa shape index (κ1) is 19.3. The zero-order valence-electron chi connectivity index (χ0n) is 17.2. The molecule has 0 fully saturated rings. The normalized spacial score (nSPS) is 14.2. The molecule has 4 N–H and O–H groups in total. The molecule has 1 aliphatic rings. The summed E-state index contributed by atoms with van der Waals surface area (Å²) in [6, 6.07) is 5.71. The average Bonchev–Trinajstić information content (AvgIpc) is 3.42. The molecule has 4 aromatic heterocycles. The van der Waals surface area contributed by atoms with E-state index < -0.39 is 0 Å². The predicted molar refractivity (Wildman–Crippen MR) is 119 cm³/mol. The fourth-order valence-electron chi connectivity index (χ4n) is 3.49. The molecule has 32 heavy (non-hydrogen) atoms. The van der Waals surface area contributed by atoms with Gasteiger partial charge in [-0.2, -0.15) is 10.4 Å². The Hall–Kier alpha value is -4.72. The van der Waals surface area contributed by atoms with Gasteiger partial charge in [-0.25, -0.2) is 9.78 Å². The summed E-state index contributed by atoms with van der Waals surface area (Å²) in [5, 5.41) is 26.9. The van der Waals surface area contributed by atoms with Crippen molar-refractivity contribution >= 4 is 34.1 Å². The lowest BCUT2D eigenvalue weighted by Crippen LogP contribution is -2.27. The zero-order valence-corrected chi connectivity index (χ0v) is 17.2.